The Balaban J connectivity index is 2.49. The highest BCUT2D eigenvalue weighted by Gasteiger charge is 2.08. The second-order valence-corrected chi connectivity index (χ2v) is 3.24. The highest BCUT2D eigenvalue weighted by molar-refractivity contribution is 5.53. The molecule has 0 aliphatic rings. The third-order valence-electron chi connectivity index (χ3n) is 2.14. The minimum Gasteiger partial charge on any atom is -0.275 e. The molecule has 0 fully saturated rings. The molecule has 0 saturated heterocycles. The Bertz CT molecular complexity index is 486. The van der Waals surface area contributed by atoms with E-state index in [1.54, 1.807) is 17.0 Å². The summed E-state index contributed by atoms with van der Waals surface area (Å²) in [5, 5.41) is 6.46. The lowest BCUT2D eigenvalue weighted by Gasteiger charge is -2.02. The van der Waals surface area contributed by atoms with Crippen LogP contribution in [0.25, 0.3) is 11.4 Å². The van der Waals surface area contributed by atoms with Crippen molar-refractivity contribution >= 4 is 0 Å². The van der Waals surface area contributed by atoms with E-state index < -0.39 is 0 Å². The average molecular weight is 204 g/mol. The first-order chi connectivity index (χ1) is 7.33. The van der Waals surface area contributed by atoms with Gasteiger partial charge in [-0.05, 0) is 18.6 Å². The minimum atomic E-state index is -0.163. The summed E-state index contributed by atoms with van der Waals surface area (Å²) < 4.78 is 1.63. The normalized spacial score (nSPS) is 10.5. The van der Waals surface area contributed by atoms with E-state index in [2.05, 4.69) is 15.2 Å². The van der Waals surface area contributed by atoms with Crippen molar-refractivity contribution in [2.24, 2.45) is 0 Å². The van der Waals surface area contributed by atoms with Crippen LogP contribution in [0.3, 0.4) is 0 Å². The molecule has 0 unspecified atom stereocenters. The fourth-order valence-electron chi connectivity index (χ4n) is 1.47. The standard InChI is InChI=1S/C10H12N4O/c1-2-7-14-9(12-13-10(14)15)8-3-5-11-6-4-8/h3-6H,2,7H2,1H3,(H,13,15). The maximum absolute atomic E-state index is 11.4. The molecule has 0 aliphatic heterocycles. The van der Waals surface area contributed by atoms with Gasteiger partial charge in [-0.2, -0.15) is 5.10 Å². The van der Waals surface area contributed by atoms with Crippen LogP contribution in [-0.4, -0.2) is 19.7 Å². The van der Waals surface area contributed by atoms with Gasteiger partial charge in [-0.3, -0.25) is 9.55 Å². The third-order valence-corrected chi connectivity index (χ3v) is 2.14. The van der Waals surface area contributed by atoms with E-state index in [0.29, 0.717) is 12.4 Å². The van der Waals surface area contributed by atoms with E-state index in [4.69, 9.17) is 0 Å². The second-order valence-electron chi connectivity index (χ2n) is 3.24. The van der Waals surface area contributed by atoms with Gasteiger partial charge in [-0.25, -0.2) is 9.89 Å². The molecule has 5 nitrogen and oxygen atoms in total. The molecule has 1 N–H and O–H groups in total. The van der Waals surface area contributed by atoms with Crippen LogP contribution in [0.4, 0.5) is 0 Å². The quantitative estimate of drug-likeness (QED) is 0.812. The number of hydrogen-bond acceptors (Lipinski definition) is 3. The number of hydrogen-bond donors (Lipinski definition) is 1. The highest BCUT2D eigenvalue weighted by atomic mass is 16.1. The molecule has 0 atom stereocenters. The average Bonchev–Trinajstić information content (AvgIpc) is 2.63. The smallest absolute Gasteiger partial charge is 0.275 e. The summed E-state index contributed by atoms with van der Waals surface area (Å²) >= 11 is 0. The molecule has 2 rings (SSSR count). The molecule has 15 heavy (non-hydrogen) atoms. The van der Waals surface area contributed by atoms with Gasteiger partial charge in [0.2, 0.25) is 0 Å². The maximum atomic E-state index is 11.4. The number of nitrogens with zero attached hydrogens (tertiary/aromatic N) is 3. The van der Waals surface area contributed by atoms with Gasteiger partial charge in [0.1, 0.15) is 0 Å². The zero-order valence-electron chi connectivity index (χ0n) is 8.47. The van der Waals surface area contributed by atoms with Crippen LogP contribution in [0.2, 0.25) is 0 Å². The Labute approximate surface area is 86.8 Å². The number of H-pyrrole nitrogens is 1. The van der Waals surface area contributed by atoms with Crippen LogP contribution < -0.4 is 5.69 Å². The van der Waals surface area contributed by atoms with Crippen molar-refractivity contribution in [2.75, 3.05) is 0 Å². The first-order valence-electron chi connectivity index (χ1n) is 4.88. The lowest BCUT2D eigenvalue weighted by Crippen LogP contribution is -2.17. The summed E-state index contributed by atoms with van der Waals surface area (Å²) in [7, 11) is 0. The van der Waals surface area contributed by atoms with Crippen molar-refractivity contribution in [3.8, 4) is 11.4 Å². The number of aromatic amines is 1. The van der Waals surface area contributed by atoms with Crippen LogP contribution in [0.5, 0.6) is 0 Å². The van der Waals surface area contributed by atoms with E-state index in [1.165, 1.54) is 0 Å². The van der Waals surface area contributed by atoms with E-state index in [0.717, 1.165) is 12.0 Å². The molecule has 0 aliphatic carbocycles. The summed E-state index contributed by atoms with van der Waals surface area (Å²) in [6.07, 6.45) is 4.27. The molecule has 0 aromatic carbocycles. The number of nitrogens with one attached hydrogen (secondary N) is 1. The molecular formula is C10H12N4O. The monoisotopic (exact) mass is 204 g/mol. The van der Waals surface area contributed by atoms with Gasteiger partial charge < -0.3 is 0 Å². The third kappa shape index (κ3) is 1.81. The van der Waals surface area contributed by atoms with Gasteiger partial charge >= 0.3 is 5.69 Å². The van der Waals surface area contributed by atoms with Gasteiger partial charge in [0.15, 0.2) is 5.82 Å². The van der Waals surface area contributed by atoms with Crippen molar-refractivity contribution in [3.63, 3.8) is 0 Å². The van der Waals surface area contributed by atoms with Crippen molar-refractivity contribution in [1.82, 2.24) is 19.7 Å². The van der Waals surface area contributed by atoms with Crippen LogP contribution in [0.15, 0.2) is 29.3 Å². The Kier molecular flexibility index (Phi) is 2.62. The first kappa shape index (κ1) is 9.64. The number of rotatable bonds is 3. The molecule has 0 spiro atoms. The number of pyridine rings is 1. The van der Waals surface area contributed by atoms with Crippen molar-refractivity contribution in [1.29, 1.82) is 0 Å². The SMILES string of the molecule is CCCn1c(-c2ccncc2)n[nH]c1=O. The van der Waals surface area contributed by atoms with Crippen molar-refractivity contribution in [2.45, 2.75) is 19.9 Å². The molecule has 78 valence electrons. The molecule has 2 heterocycles. The first-order valence-corrected chi connectivity index (χ1v) is 4.88. The van der Waals surface area contributed by atoms with Crippen LogP contribution >= 0.6 is 0 Å². The van der Waals surface area contributed by atoms with Crippen molar-refractivity contribution in [3.05, 3.63) is 35.0 Å². The topological polar surface area (TPSA) is 63.6 Å². The van der Waals surface area contributed by atoms with Crippen LogP contribution in [-0.2, 0) is 6.54 Å². The predicted octanol–water partition coefficient (Wildman–Crippen LogP) is 1.04. The van der Waals surface area contributed by atoms with Gasteiger partial charge in [-0.15, -0.1) is 0 Å². The Morgan fingerprint density at radius 2 is 2.13 bits per heavy atom. The molecule has 5 heteroatoms. The molecule has 0 radical (unpaired) electrons. The maximum Gasteiger partial charge on any atom is 0.343 e. The van der Waals surface area contributed by atoms with Gasteiger partial charge in [0.05, 0.1) is 0 Å². The van der Waals surface area contributed by atoms with E-state index in [-0.39, 0.29) is 5.69 Å². The summed E-state index contributed by atoms with van der Waals surface area (Å²) in [5.41, 5.74) is 0.737. The summed E-state index contributed by atoms with van der Waals surface area (Å²) in [6, 6.07) is 3.67. The summed E-state index contributed by atoms with van der Waals surface area (Å²) in [6.45, 7) is 2.70. The molecule has 2 aromatic rings. The van der Waals surface area contributed by atoms with Crippen LogP contribution in [0, 0.1) is 0 Å². The van der Waals surface area contributed by atoms with E-state index in [1.807, 2.05) is 19.1 Å². The molecule has 2 aromatic heterocycles. The minimum absolute atomic E-state index is 0.163. The predicted molar refractivity (Wildman–Crippen MR) is 56.4 cm³/mol. The highest BCUT2D eigenvalue weighted by Crippen LogP contribution is 2.13. The fraction of sp³-hybridized carbons (Fsp3) is 0.300. The zero-order valence-corrected chi connectivity index (χ0v) is 8.47. The summed E-state index contributed by atoms with van der Waals surface area (Å²) in [4.78, 5) is 15.4. The Hall–Kier alpha value is -1.91. The van der Waals surface area contributed by atoms with E-state index in [9.17, 15) is 4.79 Å². The molecule has 0 bridgehead atoms. The second kappa shape index (κ2) is 4.08. The van der Waals surface area contributed by atoms with Gasteiger partial charge in [0.25, 0.3) is 0 Å². The Morgan fingerprint density at radius 3 is 2.80 bits per heavy atom. The molecular weight excluding hydrogens is 192 g/mol. The lowest BCUT2D eigenvalue weighted by molar-refractivity contribution is 0.661. The number of aromatic nitrogens is 4. The zero-order chi connectivity index (χ0) is 10.7. The largest absolute Gasteiger partial charge is 0.343 e. The lowest BCUT2D eigenvalue weighted by atomic mass is 10.2. The van der Waals surface area contributed by atoms with Crippen molar-refractivity contribution < 1.29 is 0 Å². The summed E-state index contributed by atoms with van der Waals surface area (Å²) in [5.74, 6) is 0.671. The molecule has 0 saturated carbocycles. The van der Waals surface area contributed by atoms with Gasteiger partial charge in [0, 0.05) is 24.5 Å². The van der Waals surface area contributed by atoms with Crippen LogP contribution in [0.1, 0.15) is 13.3 Å². The van der Waals surface area contributed by atoms with Gasteiger partial charge in [-0.1, -0.05) is 6.92 Å². The fourth-order valence-corrected chi connectivity index (χ4v) is 1.47. The molecule has 0 amide bonds. The van der Waals surface area contributed by atoms with E-state index >= 15 is 0 Å². The Morgan fingerprint density at radius 1 is 1.40 bits per heavy atom.